The molecule has 0 fully saturated rings. The van der Waals surface area contributed by atoms with Crippen LogP contribution in [0.3, 0.4) is 0 Å². The Kier molecular flexibility index (Phi) is 6.69. The lowest BCUT2D eigenvalue weighted by atomic mass is 10.1. The number of ether oxygens (including phenoxy) is 2. The maximum atomic E-state index is 12.0. The Morgan fingerprint density at radius 1 is 0.926 bits per heavy atom. The van der Waals surface area contributed by atoms with Gasteiger partial charge in [-0.15, -0.1) is 0 Å². The van der Waals surface area contributed by atoms with Crippen LogP contribution in [0.4, 0.5) is 0 Å². The van der Waals surface area contributed by atoms with Gasteiger partial charge in [-0.05, 0) is 42.5 Å². The van der Waals surface area contributed by atoms with Crippen molar-refractivity contribution < 1.29 is 14.3 Å². The second kappa shape index (κ2) is 9.62. The van der Waals surface area contributed by atoms with Crippen molar-refractivity contribution in [2.45, 2.75) is 19.8 Å². The molecule has 0 saturated heterocycles. The smallest absolute Gasteiger partial charge is 0.220 e. The van der Waals surface area contributed by atoms with Crippen molar-refractivity contribution in [3.05, 3.63) is 72.3 Å². The summed E-state index contributed by atoms with van der Waals surface area (Å²) in [4.78, 5) is 12.0. The third-order valence-electron chi connectivity index (χ3n) is 4.31. The number of rotatable bonds is 9. The molecule has 0 saturated carbocycles. The molecule has 0 bridgehead atoms. The van der Waals surface area contributed by atoms with Crippen LogP contribution >= 0.6 is 0 Å². The lowest BCUT2D eigenvalue weighted by molar-refractivity contribution is -0.121. The summed E-state index contributed by atoms with van der Waals surface area (Å²) in [5.74, 6) is 1.73. The second-order valence-electron chi connectivity index (χ2n) is 6.25. The Bertz CT molecular complexity index is 869. The average Bonchev–Trinajstić information content (AvgIpc) is 2.71. The fraction of sp³-hybridized carbons (Fsp3) is 0.261. The Morgan fingerprint density at radius 2 is 1.70 bits per heavy atom. The highest BCUT2D eigenvalue weighted by atomic mass is 16.5. The molecule has 3 rings (SSSR count). The van der Waals surface area contributed by atoms with Crippen molar-refractivity contribution >= 4 is 16.7 Å². The van der Waals surface area contributed by atoms with E-state index in [1.807, 2.05) is 61.5 Å². The van der Waals surface area contributed by atoms with Crippen LogP contribution in [0, 0.1) is 0 Å². The van der Waals surface area contributed by atoms with Gasteiger partial charge in [-0.25, -0.2) is 0 Å². The minimum Gasteiger partial charge on any atom is -0.494 e. The van der Waals surface area contributed by atoms with Crippen LogP contribution in [0.5, 0.6) is 11.5 Å². The molecule has 0 aliphatic heterocycles. The first kappa shape index (κ1) is 18.8. The number of amides is 1. The molecule has 1 N–H and O–H groups in total. The molecule has 27 heavy (non-hydrogen) atoms. The van der Waals surface area contributed by atoms with Gasteiger partial charge in [0.25, 0.3) is 0 Å². The van der Waals surface area contributed by atoms with Gasteiger partial charge in [0.2, 0.25) is 5.91 Å². The number of carbonyl (C=O) groups is 1. The molecule has 0 aromatic heterocycles. The molecular formula is C23H25NO3. The number of hydrogen-bond donors (Lipinski definition) is 1. The molecule has 1 amide bonds. The largest absolute Gasteiger partial charge is 0.494 e. The summed E-state index contributed by atoms with van der Waals surface area (Å²) in [7, 11) is 0. The summed E-state index contributed by atoms with van der Waals surface area (Å²) < 4.78 is 11.3. The highest BCUT2D eigenvalue weighted by molar-refractivity contribution is 5.88. The lowest BCUT2D eigenvalue weighted by Crippen LogP contribution is -2.28. The van der Waals surface area contributed by atoms with E-state index in [9.17, 15) is 4.79 Å². The molecule has 0 atom stereocenters. The van der Waals surface area contributed by atoms with E-state index in [0.717, 1.165) is 27.8 Å². The van der Waals surface area contributed by atoms with Crippen molar-refractivity contribution in [3.8, 4) is 11.5 Å². The molecule has 4 heteroatoms. The number of fused-ring (bicyclic) bond motifs is 1. The number of benzene rings is 3. The van der Waals surface area contributed by atoms with E-state index in [2.05, 4.69) is 17.4 Å². The molecule has 0 aliphatic rings. The fourth-order valence-electron chi connectivity index (χ4n) is 2.94. The molecule has 3 aromatic carbocycles. The SMILES string of the molecule is CCOc1ccc(CCC(=O)NCCOc2cccc3ccccc23)cc1. The second-order valence-corrected chi connectivity index (χ2v) is 6.25. The topological polar surface area (TPSA) is 47.6 Å². The van der Waals surface area contributed by atoms with E-state index in [-0.39, 0.29) is 5.91 Å². The number of aryl methyl sites for hydroxylation is 1. The summed E-state index contributed by atoms with van der Waals surface area (Å²) in [5, 5.41) is 5.15. The van der Waals surface area contributed by atoms with Crippen molar-refractivity contribution in [3.63, 3.8) is 0 Å². The molecule has 0 heterocycles. The first-order chi connectivity index (χ1) is 13.3. The average molecular weight is 363 g/mol. The van der Waals surface area contributed by atoms with Crippen LogP contribution < -0.4 is 14.8 Å². The number of carbonyl (C=O) groups excluding carboxylic acids is 1. The van der Waals surface area contributed by atoms with E-state index in [0.29, 0.717) is 32.6 Å². The Balaban J connectivity index is 1.39. The van der Waals surface area contributed by atoms with Crippen molar-refractivity contribution in [1.29, 1.82) is 0 Å². The number of nitrogens with one attached hydrogen (secondary N) is 1. The summed E-state index contributed by atoms with van der Waals surface area (Å²) >= 11 is 0. The predicted molar refractivity (Wildman–Crippen MR) is 108 cm³/mol. The molecule has 0 aliphatic carbocycles. The Labute approximate surface area is 160 Å². The Hall–Kier alpha value is -3.01. The minimum absolute atomic E-state index is 0.0328. The Morgan fingerprint density at radius 3 is 2.52 bits per heavy atom. The van der Waals surface area contributed by atoms with Gasteiger partial charge >= 0.3 is 0 Å². The maximum absolute atomic E-state index is 12.0. The van der Waals surface area contributed by atoms with Gasteiger partial charge in [0.15, 0.2) is 0 Å². The molecule has 140 valence electrons. The highest BCUT2D eigenvalue weighted by Crippen LogP contribution is 2.24. The lowest BCUT2D eigenvalue weighted by Gasteiger charge is -2.10. The molecule has 0 radical (unpaired) electrons. The monoisotopic (exact) mass is 363 g/mol. The van der Waals surface area contributed by atoms with Gasteiger partial charge in [-0.3, -0.25) is 4.79 Å². The van der Waals surface area contributed by atoms with Crippen LogP contribution in [-0.4, -0.2) is 25.7 Å². The van der Waals surface area contributed by atoms with Gasteiger partial charge in [0.1, 0.15) is 18.1 Å². The molecule has 0 spiro atoms. The molecule has 3 aromatic rings. The zero-order chi connectivity index (χ0) is 18.9. The summed E-state index contributed by atoms with van der Waals surface area (Å²) in [5.41, 5.74) is 1.13. The van der Waals surface area contributed by atoms with Crippen molar-refractivity contribution in [2.24, 2.45) is 0 Å². The van der Waals surface area contributed by atoms with Crippen LogP contribution in [-0.2, 0) is 11.2 Å². The van der Waals surface area contributed by atoms with E-state index in [1.165, 1.54) is 0 Å². The fourth-order valence-corrected chi connectivity index (χ4v) is 2.94. The zero-order valence-corrected chi connectivity index (χ0v) is 15.6. The summed E-state index contributed by atoms with van der Waals surface area (Å²) in [6.45, 7) is 3.55. The normalized spacial score (nSPS) is 10.6. The van der Waals surface area contributed by atoms with Crippen molar-refractivity contribution in [2.75, 3.05) is 19.8 Å². The molecule has 4 nitrogen and oxygen atoms in total. The van der Waals surface area contributed by atoms with E-state index in [4.69, 9.17) is 9.47 Å². The minimum atomic E-state index is 0.0328. The standard InChI is InChI=1S/C23H25NO3/c1-2-26-20-13-10-18(11-14-20)12-15-23(25)24-16-17-27-22-9-5-7-19-6-3-4-8-21(19)22/h3-11,13-14H,2,12,15-17H2,1H3,(H,24,25). The van der Waals surface area contributed by atoms with Crippen LogP contribution in [0.1, 0.15) is 18.9 Å². The van der Waals surface area contributed by atoms with Crippen LogP contribution in [0.25, 0.3) is 10.8 Å². The quantitative estimate of drug-likeness (QED) is 0.575. The third-order valence-corrected chi connectivity index (χ3v) is 4.31. The molecule has 0 unspecified atom stereocenters. The van der Waals surface area contributed by atoms with Gasteiger partial charge in [0.05, 0.1) is 13.2 Å². The van der Waals surface area contributed by atoms with Gasteiger partial charge in [-0.2, -0.15) is 0 Å². The first-order valence-electron chi connectivity index (χ1n) is 9.35. The maximum Gasteiger partial charge on any atom is 0.220 e. The first-order valence-corrected chi connectivity index (χ1v) is 9.35. The van der Waals surface area contributed by atoms with E-state index in [1.54, 1.807) is 0 Å². The van der Waals surface area contributed by atoms with Gasteiger partial charge < -0.3 is 14.8 Å². The van der Waals surface area contributed by atoms with Crippen molar-refractivity contribution in [1.82, 2.24) is 5.32 Å². The van der Waals surface area contributed by atoms with Crippen LogP contribution in [0.2, 0.25) is 0 Å². The van der Waals surface area contributed by atoms with Gasteiger partial charge in [0, 0.05) is 11.8 Å². The molecular weight excluding hydrogens is 338 g/mol. The van der Waals surface area contributed by atoms with E-state index >= 15 is 0 Å². The number of hydrogen-bond acceptors (Lipinski definition) is 3. The van der Waals surface area contributed by atoms with Gasteiger partial charge in [-0.1, -0.05) is 48.5 Å². The van der Waals surface area contributed by atoms with Crippen LogP contribution in [0.15, 0.2) is 66.7 Å². The zero-order valence-electron chi connectivity index (χ0n) is 15.6. The highest BCUT2D eigenvalue weighted by Gasteiger charge is 2.04. The summed E-state index contributed by atoms with van der Waals surface area (Å²) in [6.07, 6.45) is 1.17. The predicted octanol–water partition coefficient (Wildman–Crippen LogP) is 4.37. The van der Waals surface area contributed by atoms with E-state index < -0.39 is 0 Å². The summed E-state index contributed by atoms with van der Waals surface area (Å²) in [6, 6.07) is 22.0. The third kappa shape index (κ3) is 5.48.